The van der Waals surface area contributed by atoms with E-state index in [4.69, 9.17) is 23.8 Å². The minimum Gasteiger partial charge on any atom is -0.477 e. The van der Waals surface area contributed by atoms with Crippen LogP contribution < -0.4 is 4.74 Å². The summed E-state index contributed by atoms with van der Waals surface area (Å²) >= 11 is 0. The molecule has 0 radical (unpaired) electrons. The van der Waals surface area contributed by atoms with Crippen molar-refractivity contribution in [3.05, 3.63) is 48.0 Å². The van der Waals surface area contributed by atoms with Crippen LogP contribution in [0.15, 0.2) is 40.9 Å². The molecule has 1 N–H and O–H groups in total. The molecule has 0 aromatic carbocycles. The van der Waals surface area contributed by atoms with E-state index in [0.29, 0.717) is 31.3 Å². The Balaban J connectivity index is 0.000000383. The summed E-state index contributed by atoms with van der Waals surface area (Å²) in [5.41, 5.74) is -0.203. The number of carbonyl (C=O) groups is 2. The lowest BCUT2D eigenvalue weighted by Gasteiger charge is -2.49. The minimum atomic E-state index is -5.08. The van der Waals surface area contributed by atoms with Crippen LogP contribution in [0.1, 0.15) is 35.6 Å². The van der Waals surface area contributed by atoms with Crippen LogP contribution in [-0.2, 0) is 9.53 Å². The lowest BCUT2D eigenvalue weighted by atomic mass is 9.73. The molecule has 2 aromatic heterocycles. The number of likely N-dealkylation sites (tertiary alicyclic amines) is 1. The maximum Gasteiger partial charge on any atom is 0.490 e. The molecule has 11 heteroatoms. The van der Waals surface area contributed by atoms with Gasteiger partial charge in [-0.25, -0.2) is 9.78 Å². The number of alkyl halides is 3. The summed E-state index contributed by atoms with van der Waals surface area (Å²) in [7, 11) is 0. The molecule has 2 unspecified atom stereocenters. The molecule has 0 saturated carbocycles. The number of pyridine rings is 1. The van der Waals surface area contributed by atoms with Crippen molar-refractivity contribution in [1.29, 1.82) is 0 Å². The van der Waals surface area contributed by atoms with Crippen molar-refractivity contribution in [2.24, 2.45) is 5.41 Å². The van der Waals surface area contributed by atoms with Gasteiger partial charge in [-0.05, 0) is 44.4 Å². The number of hydrogen-bond acceptors (Lipinski definition) is 6. The summed E-state index contributed by atoms with van der Waals surface area (Å²) in [6.45, 7) is 4.41. The predicted molar refractivity (Wildman–Crippen MR) is 109 cm³/mol. The normalized spacial score (nSPS) is 22.5. The molecule has 1 amide bonds. The maximum atomic E-state index is 12.8. The zero-order valence-electron chi connectivity index (χ0n) is 18.0. The fourth-order valence-electron chi connectivity index (χ4n) is 4.03. The molecule has 4 rings (SSSR count). The fraction of sp³-hybridized carbons (Fsp3) is 0.500. The average Bonchev–Trinajstić information content (AvgIpc) is 3.23. The average molecular weight is 470 g/mol. The number of hydrogen-bond donors (Lipinski definition) is 1. The third-order valence-electron chi connectivity index (χ3n) is 5.61. The Bertz CT molecular complexity index is 949. The van der Waals surface area contributed by atoms with Crippen LogP contribution in [0.4, 0.5) is 13.2 Å². The first-order valence-corrected chi connectivity index (χ1v) is 10.4. The minimum absolute atomic E-state index is 0.0562. The summed E-state index contributed by atoms with van der Waals surface area (Å²) < 4.78 is 49.3. The predicted octanol–water partition coefficient (Wildman–Crippen LogP) is 3.71. The van der Waals surface area contributed by atoms with Gasteiger partial charge in [-0.1, -0.05) is 6.07 Å². The number of amides is 1. The van der Waals surface area contributed by atoms with E-state index in [2.05, 4.69) is 4.98 Å². The highest BCUT2D eigenvalue weighted by molar-refractivity contribution is 5.91. The number of carbonyl (C=O) groups excluding carboxylic acids is 1. The molecule has 4 heterocycles. The molecule has 2 aromatic rings. The number of aryl methyl sites for hydroxylation is 1. The Hall–Kier alpha value is -3.08. The van der Waals surface area contributed by atoms with Crippen LogP contribution in [0.3, 0.4) is 0 Å². The number of carboxylic acids is 1. The topological polar surface area (TPSA) is 102 Å². The summed E-state index contributed by atoms with van der Waals surface area (Å²) in [5, 5.41) is 7.12. The van der Waals surface area contributed by atoms with Gasteiger partial charge in [0.15, 0.2) is 5.76 Å². The standard InChI is InChI=1S/C20H24N2O4.C2HF3O2/c1-15-6-7-16(26-15)19(23)22-11-8-17-20(13-22,9-4-12-24-17)14-25-18-5-2-3-10-21-18;3-2(4,5)1(6)7/h2-3,5-7,10,17H,4,8-9,11-14H2,1H3;(H,6,7). The number of aliphatic carboxylic acids is 1. The third-order valence-corrected chi connectivity index (χ3v) is 5.61. The second-order valence-corrected chi connectivity index (χ2v) is 8.01. The lowest BCUT2D eigenvalue weighted by Crippen LogP contribution is -2.58. The number of rotatable bonds is 4. The van der Waals surface area contributed by atoms with E-state index >= 15 is 0 Å². The van der Waals surface area contributed by atoms with E-state index in [-0.39, 0.29) is 17.4 Å². The van der Waals surface area contributed by atoms with Gasteiger partial charge in [0.2, 0.25) is 5.88 Å². The first-order valence-electron chi connectivity index (χ1n) is 10.4. The molecule has 8 nitrogen and oxygen atoms in total. The Morgan fingerprint density at radius 3 is 2.67 bits per heavy atom. The molecule has 0 aliphatic carbocycles. The molecule has 33 heavy (non-hydrogen) atoms. The second kappa shape index (κ2) is 10.2. The van der Waals surface area contributed by atoms with Crippen molar-refractivity contribution in [1.82, 2.24) is 9.88 Å². The van der Waals surface area contributed by atoms with Crippen LogP contribution in [0.5, 0.6) is 5.88 Å². The summed E-state index contributed by atoms with van der Waals surface area (Å²) in [4.78, 5) is 27.9. The number of ether oxygens (including phenoxy) is 2. The first kappa shape index (κ1) is 24.6. The zero-order chi connectivity index (χ0) is 24.1. The van der Waals surface area contributed by atoms with Gasteiger partial charge < -0.3 is 23.9 Å². The first-order chi connectivity index (χ1) is 15.6. The third kappa shape index (κ3) is 6.25. The number of fused-ring (bicyclic) bond motifs is 1. The lowest BCUT2D eigenvalue weighted by molar-refractivity contribution is -0.192. The van der Waals surface area contributed by atoms with Gasteiger partial charge in [-0.2, -0.15) is 13.2 Å². The van der Waals surface area contributed by atoms with Gasteiger partial charge in [0.05, 0.1) is 12.7 Å². The Morgan fingerprint density at radius 2 is 2.06 bits per heavy atom. The monoisotopic (exact) mass is 470 g/mol. The Kier molecular flexibility index (Phi) is 7.62. The highest BCUT2D eigenvalue weighted by Crippen LogP contribution is 2.41. The van der Waals surface area contributed by atoms with Crippen LogP contribution in [-0.4, -0.2) is 65.5 Å². The molecule has 0 bridgehead atoms. The van der Waals surface area contributed by atoms with Crippen molar-refractivity contribution in [2.75, 3.05) is 26.3 Å². The van der Waals surface area contributed by atoms with Gasteiger partial charge >= 0.3 is 12.1 Å². The van der Waals surface area contributed by atoms with E-state index in [1.807, 2.05) is 36.1 Å². The van der Waals surface area contributed by atoms with Gasteiger partial charge in [-0.3, -0.25) is 4.79 Å². The molecule has 2 atom stereocenters. The number of piperidine rings is 1. The van der Waals surface area contributed by atoms with E-state index in [1.54, 1.807) is 12.3 Å². The molecule has 2 saturated heterocycles. The Morgan fingerprint density at radius 1 is 1.30 bits per heavy atom. The second-order valence-electron chi connectivity index (χ2n) is 8.01. The number of nitrogens with zero attached hydrogens (tertiary/aromatic N) is 2. The van der Waals surface area contributed by atoms with Crippen LogP contribution in [0, 0.1) is 12.3 Å². The highest BCUT2D eigenvalue weighted by atomic mass is 19.4. The molecular formula is C22H25F3N2O6. The molecule has 2 aliphatic heterocycles. The zero-order valence-corrected chi connectivity index (χ0v) is 18.0. The van der Waals surface area contributed by atoms with Gasteiger partial charge in [0, 0.05) is 37.4 Å². The largest absolute Gasteiger partial charge is 0.490 e. The van der Waals surface area contributed by atoms with Crippen molar-refractivity contribution >= 4 is 11.9 Å². The Labute approximate surface area is 188 Å². The van der Waals surface area contributed by atoms with E-state index in [9.17, 15) is 18.0 Å². The maximum absolute atomic E-state index is 12.8. The van der Waals surface area contributed by atoms with Crippen LogP contribution in [0.25, 0.3) is 0 Å². The molecule has 2 fully saturated rings. The number of halogens is 3. The van der Waals surface area contributed by atoms with Crippen molar-refractivity contribution in [3.63, 3.8) is 0 Å². The van der Waals surface area contributed by atoms with Gasteiger partial charge in [0.25, 0.3) is 5.91 Å². The smallest absolute Gasteiger partial charge is 0.477 e. The fourth-order valence-corrected chi connectivity index (χ4v) is 4.03. The SMILES string of the molecule is Cc1ccc(C(=O)N2CCC3OCCCC3(COc3ccccn3)C2)o1.O=C(O)C(F)(F)F. The van der Waals surface area contributed by atoms with E-state index in [1.165, 1.54) is 0 Å². The molecule has 2 aliphatic rings. The summed E-state index contributed by atoms with van der Waals surface area (Å²) in [6, 6.07) is 9.20. The molecule has 0 spiro atoms. The summed E-state index contributed by atoms with van der Waals surface area (Å²) in [5.74, 6) is -1.06. The van der Waals surface area contributed by atoms with Crippen molar-refractivity contribution in [3.8, 4) is 5.88 Å². The van der Waals surface area contributed by atoms with Crippen molar-refractivity contribution < 1.29 is 41.8 Å². The van der Waals surface area contributed by atoms with Crippen molar-refractivity contribution in [2.45, 2.75) is 38.5 Å². The summed E-state index contributed by atoms with van der Waals surface area (Å²) in [6.07, 6.45) is -0.480. The van der Waals surface area contributed by atoms with E-state index in [0.717, 1.165) is 31.6 Å². The number of aromatic nitrogens is 1. The van der Waals surface area contributed by atoms with Gasteiger partial charge in [-0.15, -0.1) is 0 Å². The van der Waals surface area contributed by atoms with Crippen LogP contribution >= 0.6 is 0 Å². The highest BCUT2D eigenvalue weighted by Gasteiger charge is 2.48. The molecular weight excluding hydrogens is 445 g/mol. The van der Waals surface area contributed by atoms with E-state index < -0.39 is 12.1 Å². The number of furan rings is 1. The number of carboxylic acid groups (broad SMARTS) is 1. The van der Waals surface area contributed by atoms with Gasteiger partial charge in [0.1, 0.15) is 5.76 Å². The molecule has 180 valence electrons. The van der Waals surface area contributed by atoms with Crippen LogP contribution in [0.2, 0.25) is 0 Å². The quantitative estimate of drug-likeness (QED) is 0.727.